The molecule has 1 aromatic carbocycles. The lowest BCUT2D eigenvalue weighted by Crippen LogP contribution is -2.14. The number of pyridine rings is 1. The number of nitrogens with one attached hydrogen (secondary N) is 1. The molecule has 8 heteroatoms. The van der Waals surface area contributed by atoms with Crippen LogP contribution in [0.3, 0.4) is 0 Å². The quantitative estimate of drug-likeness (QED) is 0.615. The fraction of sp³-hybridized carbons (Fsp3) is 0. The van der Waals surface area contributed by atoms with Crippen LogP contribution in [0.25, 0.3) is 11.5 Å². The Labute approximate surface area is 147 Å². The highest BCUT2D eigenvalue weighted by atomic mass is 19.1. The number of nitrogens with zero attached hydrogens (tertiary/aromatic N) is 5. The van der Waals surface area contributed by atoms with Crippen molar-refractivity contribution in [3.63, 3.8) is 0 Å². The number of benzene rings is 1. The molecule has 0 radical (unpaired) electrons. The predicted molar refractivity (Wildman–Crippen MR) is 92.8 cm³/mol. The number of rotatable bonds is 4. The molecule has 0 saturated carbocycles. The summed E-state index contributed by atoms with van der Waals surface area (Å²) in [5.41, 5.74) is 1.06. The molecule has 3 heterocycles. The lowest BCUT2D eigenvalue weighted by atomic mass is 10.3. The average molecular weight is 348 g/mol. The maximum Gasteiger partial charge on any atom is 0.258 e. The van der Waals surface area contributed by atoms with Crippen LogP contribution >= 0.6 is 0 Å². The Hall–Kier alpha value is -3.81. The molecule has 3 aromatic heterocycles. The molecule has 0 saturated heterocycles. The van der Waals surface area contributed by atoms with E-state index < -0.39 is 5.82 Å². The molecule has 4 rings (SSSR count). The van der Waals surface area contributed by atoms with Crippen LogP contribution in [0.2, 0.25) is 0 Å². The van der Waals surface area contributed by atoms with Gasteiger partial charge in [0.25, 0.3) is 5.91 Å². The van der Waals surface area contributed by atoms with E-state index in [2.05, 4.69) is 20.5 Å². The summed E-state index contributed by atoms with van der Waals surface area (Å²) < 4.78 is 16.7. The fourth-order valence-corrected chi connectivity index (χ4v) is 2.48. The molecule has 0 spiro atoms. The van der Waals surface area contributed by atoms with Crippen LogP contribution in [0.5, 0.6) is 0 Å². The Morgan fingerprint density at radius 3 is 2.69 bits per heavy atom. The minimum atomic E-state index is -0.421. The summed E-state index contributed by atoms with van der Waals surface area (Å²) >= 11 is 0. The number of carbonyl (C=O) groups is 1. The Bertz CT molecular complexity index is 1060. The van der Waals surface area contributed by atoms with E-state index in [4.69, 9.17) is 0 Å². The lowest BCUT2D eigenvalue weighted by Gasteiger charge is -2.09. The highest BCUT2D eigenvalue weighted by molar-refractivity contribution is 6.04. The molecule has 0 atom stereocenters. The summed E-state index contributed by atoms with van der Waals surface area (Å²) in [6.45, 7) is 0. The molecule has 0 aliphatic carbocycles. The average Bonchev–Trinajstić information content (AvgIpc) is 3.35. The predicted octanol–water partition coefficient (Wildman–Crippen LogP) is 2.84. The van der Waals surface area contributed by atoms with Gasteiger partial charge in [0, 0.05) is 24.8 Å². The van der Waals surface area contributed by atoms with Crippen LogP contribution < -0.4 is 5.32 Å². The summed E-state index contributed by atoms with van der Waals surface area (Å²) in [5, 5.41) is 11.0. The number of hydrogen-bond donors (Lipinski definition) is 1. The molecular weight excluding hydrogens is 335 g/mol. The molecule has 26 heavy (non-hydrogen) atoms. The van der Waals surface area contributed by atoms with Gasteiger partial charge in [-0.2, -0.15) is 10.2 Å². The second-order valence-electron chi connectivity index (χ2n) is 5.40. The third-order valence-corrected chi connectivity index (χ3v) is 3.70. The van der Waals surface area contributed by atoms with Crippen molar-refractivity contribution in [2.45, 2.75) is 0 Å². The lowest BCUT2D eigenvalue weighted by molar-refractivity contribution is 0.102. The van der Waals surface area contributed by atoms with Crippen molar-refractivity contribution >= 4 is 11.6 Å². The molecule has 0 fully saturated rings. The molecule has 0 bridgehead atoms. The standard InChI is InChI=1S/C18H13FN6O/c19-14-5-1-2-7-16(14)25-12-13(11-22-25)18(26)23-15-6-3-8-20-17(15)24-10-4-9-21-24/h1-12H,(H,23,26). The third kappa shape index (κ3) is 2.95. The Morgan fingerprint density at radius 1 is 1.00 bits per heavy atom. The monoisotopic (exact) mass is 348 g/mol. The van der Waals surface area contributed by atoms with Crippen molar-refractivity contribution in [2.75, 3.05) is 5.32 Å². The first-order valence-corrected chi connectivity index (χ1v) is 7.78. The normalized spacial score (nSPS) is 10.7. The molecule has 0 aliphatic heterocycles. The summed E-state index contributed by atoms with van der Waals surface area (Å²) in [4.78, 5) is 16.8. The number of carbonyl (C=O) groups excluding carboxylic acids is 1. The van der Waals surface area contributed by atoms with Crippen molar-refractivity contribution in [3.8, 4) is 11.5 Å². The second-order valence-corrected chi connectivity index (χ2v) is 5.40. The summed E-state index contributed by atoms with van der Waals surface area (Å²) in [5.74, 6) is -0.308. The Morgan fingerprint density at radius 2 is 1.88 bits per heavy atom. The van der Waals surface area contributed by atoms with Crippen LogP contribution in [-0.4, -0.2) is 30.5 Å². The number of anilines is 1. The van der Waals surface area contributed by atoms with Gasteiger partial charge >= 0.3 is 0 Å². The zero-order chi connectivity index (χ0) is 17.9. The fourth-order valence-electron chi connectivity index (χ4n) is 2.48. The van der Waals surface area contributed by atoms with Gasteiger partial charge in [-0.1, -0.05) is 12.1 Å². The van der Waals surface area contributed by atoms with Crippen LogP contribution in [0.1, 0.15) is 10.4 Å². The highest BCUT2D eigenvalue weighted by Crippen LogP contribution is 2.18. The van der Waals surface area contributed by atoms with Gasteiger partial charge in [-0.25, -0.2) is 18.7 Å². The van der Waals surface area contributed by atoms with Crippen LogP contribution in [0, 0.1) is 5.82 Å². The molecule has 128 valence electrons. The minimum Gasteiger partial charge on any atom is -0.319 e. The van der Waals surface area contributed by atoms with E-state index in [0.29, 0.717) is 17.1 Å². The first-order valence-electron chi connectivity index (χ1n) is 7.78. The summed E-state index contributed by atoms with van der Waals surface area (Å²) in [6, 6.07) is 11.4. The largest absolute Gasteiger partial charge is 0.319 e. The van der Waals surface area contributed by atoms with Gasteiger partial charge in [-0.05, 0) is 30.3 Å². The summed E-state index contributed by atoms with van der Waals surface area (Å²) in [7, 11) is 0. The van der Waals surface area contributed by atoms with E-state index in [-0.39, 0.29) is 11.6 Å². The van der Waals surface area contributed by atoms with Crippen LogP contribution in [0.15, 0.2) is 73.4 Å². The Balaban J connectivity index is 1.60. The SMILES string of the molecule is O=C(Nc1cccnc1-n1cccn1)c1cnn(-c2ccccc2F)c1. The third-order valence-electron chi connectivity index (χ3n) is 3.70. The number of aromatic nitrogens is 5. The van der Waals surface area contributed by atoms with Crippen molar-refractivity contribution in [1.82, 2.24) is 24.5 Å². The van der Waals surface area contributed by atoms with Gasteiger partial charge in [0.15, 0.2) is 5.82 Å². The zero-order valence-electron chi connectivity index (χ0n) is 13.5. The number of halogens is 1. The van der Waals surface area contributed by atoms with Gasteiger partial charge < -0.3 is 5.32 Å². The van der Waals surface area contributed by atoms with E-state index in [1.165, 1.54) is 23.1 Å². The maximum atomic E-state index is 13.9. The maximum absolute atomic E-state index is 13.9. The summed E-state index contributed by atoms with van der Waals surface area (Å²) in [6.07, 6.45) is 7.82. The number of amides is 1. The van der Waals surface area contributed by atoms with E-state index in [1.807, 2.05) is 0 Å². The van der Waals surface area contributed by atoms with Gasteiger partial charge in [0.2, 0.25) is 0 Å². The Kier molecular flexibility index (Phi) is 3.98. The van der Waals surface area contributed by atoms with Crippen LogP contribution in [-0.2, 0) is 0 Å². The number of para-hydroxylation sites is 1. The smallest absolute Gasteiger partial charge is 0.258 e. The first kappa shape index (κ1) is 15.7. The zero-order valence-corrected chi connectivity index (χ0v) is 13.5. The molecule has 0 aliphatic rings. The van der Waals surface area contributed by atoms with Crippen LogP contribution in [0.4, 0.5) is 10.1 Å². The second kappa shape index (κ2) is 6.60. The topological polar surface area (TPSA) is 77.6 Å². The van der Waals surface area contributed by atoms with Gasteiger partial charge in [-0.3, -0.25) is 4.79 Å². The molecule has 4 aromatic rings. The van der Waals surface area contributed by atoms with Gasteiger partial charge in [0.05, 0.1) is 17.4 Å². The molecule has 7 nitrogen and oxygen atoms in total. The van der Waals surface area contributed by atoms with Gasteiger partial charge in [-0.15, -0.1) is 0 Å². The molecule has 1 N–H and O–H groups in total. The van der Waals surface area contributed by atoms with Gasteiger partial charge in [0.1, 0.15) is 11.5 Å². The minimum absolute atomic E-state index is 0.269. The number of hydrogen-bond acceptors (Lipinski definition) is 4. The molecule has 0 unspecified atom stereocenters. The molecule has 1 amide bonds. The van der Waals surface area contributed by atoms with E-state index in [0.717, 1.165) is 0 Å². The van der Waals surface area contributed by atoms with Crippen molar-refractivity contribution in [3.05, 3.63) is 84.8 Å². The molecular formula is C18H13FN6O. The van der Waals surface area contributed by atoms with Crippen molar-refractivity contribution in [2.24, 2.45) is 0 Å². The van der Waals surface area contributed by atoms with E-state index in [1.54, 1.807) is 59.7 Å². The van der Waals surface area contributed by atoms with Crippen molar-refractivity contribution in [1.29, 1.82) is 0 Å². The first-order chi connectivity index (χ1) is 12.7. The highest BCUT2D eigenvalue weighted by Gasteiger charge is 2.14. The van der Waals surface area contributed by atoms with E-state index in [9.17, 15) is 9.18 Å². The van der Waals surface area contributed by atoms with Crippen molar-refractivity contribution < 1.29 is 9.18 Å². The van der Waals surface area contributed by atoms with E-state index >= 15 is 0 Å².